The maximum Gasteiger partial charge on any atom is 0.224 e. The van der Waals surface area contributed by atoms with E-state index in [1.54, 1.807) is 0 Å². The van der Waals surface area contributed by atoms with Crippen LogP contribution in [-0.4, -0.2) is 30.3 Å². The van der Waals surface area contributed by atoms with E-state index in [1.165, 1.54) is 0 Å². The average Bonchev–Trinajstić information content (AvgIpc) is 2.98. The number of aryl methyl sites for hydroxylation is 1. The number of hydrogen-bond donors (Lipinski definition) is 2. The molecule has 0 saturated carbocycles. The van der Waals surface area contributed by atoms with Crippen molar-refractivity contribution in [2.45, 2.75) is 38.7 Å². The minimum Gasteiger partial charge on any atom is -0.384 e. The normalized spacial score (nSPS) is 17.1. The van der Waals surface area contributed by atoms with Gasteiger partial charge in [0.15, 0.2) is 0 Å². The van der Waals surface area contributed by atoms with Crippen LogP contribution in [0.4, 0.5) is 5.69 Å². The van der Waals surface area contributed by atoms with Gasteiger partial charge in [-0.05, 0) is 43.9 Å². The minimum atomic E-state index is -0.194. The Labute approximate surface area is 125 Å². The molecule has 1 heterocycles. The zero-order valence-corrected chi connectivity index (χ0v) is 12.3. The van der Waals surface area contributed by atoms with E-state index in [4.69, 9.17) is 9.84 Å². The van der Waals surface area contributed by atoms with Crippen LogP contribution in [0.5, 0.6) is 0 Å². The Balaban J connectivity index is 1.95. The van der Waals surface area contributed by atoms with Crippen molar-refractivity contribution in [3.8, 4) is 11.8 Å². The molecule has 1 amide bonds. The fourth-order valence-electron chi connectivity index (χ4n) is 2.38. The lowest BCUT2D eigenvalue weighted by Crippen LogP contribution is -2.16. The summed E-state index contributed by atoms with van der Waals surface area (Å²) in [6, 6.07) is 5.68. The van der Waals surface area contributed by atoms with Gasteiger partial charge in [0, 0.05) is 18.6 Å². The van der Waals surface area contributed by atoms with Crippen LogP contribution in [0.3, 0.4) is 0 Å². The van der Waals surface area contributed by atoms with E-state index in [0.717, 1.165) is 37.0 Å². The number of ether oxygens (including phenoxy) is 1. The van der Waals surface area contributed by atoms with Gasteiger partial charge >= 0.3 is 0 Å². The zero-order chi connectivity index (χ0) is 15.1. The summed E-state index contributed by atoms with van der Waals surface area (Å²) < 4.78 is 5.52. The second kappa shape index (κ2) is 7.82. The van der Waals surface area contributed by atoms with Gasteiger partial charge in [0.2, 0.25) is 5.91 Å². The fraction of sp³-hybridized carbons (Fsp3) is 0.471. The Hall–Kier alpha value is -1.83. The molecule has 1 atom stereocenters. The maximum absolute atomic E-state index is 12.0. The smallest absolute Gasteiger partial charge is 0.224 e. The summed E-state index contributed by atoms with van der Waals surface area (Å²) in [7, 11) is 0. The van der Waals surface area contributed by atoms with Crippen LogP contribution in [0.15, 0.2) is 18.2 Å². The summed E-state index contributed by atoms with van der Waals surface area (Å²) in [5.74, 6) is 5.46. The lowest BCUT2D eigenvalue weighted by Gasteiger charge is -2.11. The third kappa shape index (κ3) is 4.89. The number of benzene rings is 1. The number of carbonyl (C=O) groups is 1. The van der Waals surface area contributed by atoms with Gasteiger partial charge in [0.1, 0.15) is 6.61 Å². The van der Waals surface area contributed by atoms with Crippen LogP contribution in [-0.2, 0) is 9.53 Å². The highest BCUT2D eigenvalue weighted by Crippen LogP contribution is 2.19. The third-order valence-corrected chi connectivity index (χ3v) is 3.47. The molecule has 1 fully saturated rings. The summed E-state index contributed by atoms with van der Waals surface area (Å²) in [5, 5.41) is 11.7. The molecule has 2 N–H and O–H groups in total. The van der Waals surface area contributed by atoms with Crippen molar-refractivity contribution in [3.63, 3.8) is 0 Å². The Morgan fingerprint density at radius 1 is 1.52 bits per heavy atom. The number of anilines is 1. The molecule has 0 aliphatic carbocycles. The van der Waals surface area contributed by atoms with Crippen LogP contribution in [0, 0.1) is 18.8 Å². The van der Waals surface area contributed by atoms with Crippen molar-refractivity contribution in [1.29, 1.82) is 0 Å². The molecule has 1 aliphatic rings. The molecule has 2 rings (SSSR count). The Morgan fingerprint density at radius 3 is 3.10 bits per heavy atom. The monoisotopic (exact) mass is 287 g/mol. The number of amides is 1. The second-order valence-electron chi connectivity index (χ2n) is 5.23. The minimum absolute atomic E-state index is 0.0265. The SMILES string of the molecule is Cc1ccc(NC(=O)CCC2CCCO2)c(C#CCO)c1. The Kier molecular flexibility index (Phi) is 5.79. The number of nitrogens with one attached hydrogen (secondary N) is 1. The predicted molar refractivity (Wildman–Crippen MR) is 82.0 cm³/mol. The molecular weight excluding hydrogens is 266 g/mol. The average molecular weight is 287 g/mol. The van der Waals surface area contributed by atoms with Gasteiger partial charge in [-0.3, -0.25) is 4.79 Å². The fourth-order valence-corrected chi connectivity index (χ4v) is 2.38. The molecule has 4 nitrogen and oxygen atoms in total. The topological polar surface area (TPSA) is 58.6 Å². The van der Waals surface area contributed by atoms with Crippen molar-refractivity contribution in [1.82, 2.24) is 0 Å². The largest absolute Gasteiger partial charge is 0.384 e. The molecule has 1 aromatic rings. The third-order valence-electron chi connectivity index (χ3n) is 3.47. The van der Waals surface area contributed by atoms with E-state index in [-0.39, 0.29) is 18.6 Å². The number of rotatable bonds is 4. The number of aliphatic hydroxyl groups is 1. The van der Waals surface area contributed by atoms with E-state index in [0.29, 0.717) is 12.1 Å². The quantitative estimate of drug-likeness (QED) is 0.835. The highest BCUT2D eigenvalue weighted by molar-refractivity contribution is 5.92. The molecule has 112 valence electrons. The maximum atomic E-state index is 12.0. The van der Waals surface area contributed by atoms with E-state index in [2.05, 4.69) is 17.2 Å². The molecule has 1 aromatic carbocycles. The van der Waals surface area contributed by atoms with E-state index < -0.39 is 0 Å². The Morgan fingerprint density at radius 2 is 2.38 bits per heavy atom. The standard InChI is InChI=1S/C17H21NO3/c1-13-6-8-16(14(12-13)4-2-10-19)18-17(20)9-7-15-5-3-11-21-15/h6,8,12,15,19H,3,5,7,9-11H2,1H3,(H,18,20). The predicted octanol–water partition coefficient (Wildman–Crippen LogP) is 2.24. The Bertz CT molecular complexity index is 551. The molecule has 1 unspecified atom stereocenters. The first-order valence-electron chi connectivity index (χ1n) is 7.31. The second-order valence-corrected chi connectivity index (χ2v) is 5.23. The van der Waals surface area contributed by atoms with Crippen LogP contribution < -0.4 is 5.32 Å². The van der Waals surface area contributed by atoms with Crippen LogP contribution in [0.2, 0.25) is 0 Å². The molecule has 1 aliphatic heterocycles. The van der Waals surface area contributed by atoms with Crippen LogP contribution in [0.1, 0.15) is 36.8 Å². The van der Waals surface area contributed by atoms with Crippen LogP contribution in [0.25, 0.3) is 0 Å². The van der Waals surface area contributed by atoms with Gasteiger partial charge in [-0.1, -0.05) is 17.9 Å². The number of carbonyl (C=O) groups excluding carboxylic acids is 1. The van der Waals surface area contributed by atoms with Gasteiger partial charge in [0.05, 0.1) is 11.8 Å². The first-order chi connectivity index (χ1) is 10.2. The van der Waals surface area contributed by atoms with E-state index in [1.807, 2.05) is 25.1 Å². The molecule has 4 heteroatoms. The van der Waals surface area contributed by atoms with Crippen molar-refractivity contribution >= 4 is 11.6 Å². The summed E-state index contributed by atoms with van der Waals surface area (Å²) in [6.45, 7) is 2.58. The lowest BCUT2D eigenvalue weighted by molar-refractivity contribution is -0.116. The molecule has 21 heavy (non-hydrogen) atoms. The van der Waals surface area contributed by atoms with Crippen molar-refractivity contribution in [3.05, 3.63) is 29.3 Å². The number of hydrogen-bond acceptors (Lipinski definition) is 3. The molecule has 1 saturated heterocycles. The summed E-state index contributed by atoms with van der Waals surface area (Å²) in [5.41, 5.74) is 2.49. The van der Waals surface area contributed by atoms with Crippen LogP contribution >= 0.6 is 0 Å². The van der Waals surface area contributed by atoms with Gasteiger partial charge < -0.3 is 15.2 Å². The van der Waals surface area contributed by atoms with Gasteiger partial charge in [0.25, 0.3) is 0 Å². The van der Waals surface area contributed by atoms with Gasteiger partial charge in [-0.25, -0.2) is 0 Å². The van der Waals surface area contributed by atoms with Gasteiger partial charge in [-0.2, -0.15) is 0 Å². The molecule has 0 radical (unpaired) electrons. The molecule has 0 spiro atoms. The first-order valence-corrected chi connectivity index (χ1v) is 7.31. The lowest BCUT2D eigenvalue weighted by atomic mass is 10.1. The summed E-state index contributed by atoms with van der Waals surface area (Å²) >= 11 is 0. The molecule has 0 bridgehead atoms. The van der Waals surface area contributed by atoms with Crippen molar-refractivity contribution in [2.24, 2.45) is 0 Å². The van der Waals surface area contributed by atoms with E-state index in [9.17, 15) is 4.79 Å². The van der Waals surface area contributed by atoms with E-state index >= 15 is 0 Å². The summed E-state index contributed by atoms with van der Waals surface area (Å²) in [6.07, 6.45) is 3.57. The molecular formula is C17H21NO3. The van der Waals surface area contributed by atoms with Crippen molar-refractivity contribution in [2.75, 3.05) is 18.5 Å². The highest BCUT2D eigenvalue weighted by Gasteiger charge is 2.17. The molecule has 0 aromatic heterocycles. The summed E-state index contributed by atoms with van der Waals surface area (Å²) in [4.78, 5) is 12.0. The zero-order valence-electron chi connectivity index (χ0n) is 12.3. The van der Waals surface area contributed by atoms with Gasteiger partial charge in [-0.15, -0.1) is 0 Å². The first kappa shape index (κ1) is 15.6. The number of aliphatic hydroxyl groups excluding tert-OH is 1. The highest BCUT2D eigenvalue weighted by atomic mass is 16.5. The van der Waals surface area contributed by atoms with Crippen molar-refractivity contribution < 1.29 is 14.6 Å².